The summed E-state index contributed by atoms with van der Waals surface area (Å²) in [6, 6.07) is 9.27. The van der Waals surface area contributed by atoms with Crippen LogP contribution in [0.25, 0.3) is 0 Å². The molecule has 0 radical (unpaired) electrons. The standard InChI is InChI=1S/C12H17NO3S/c1-2-17(15,16)11-10(12(11,13)8-14)9-6-4-3-5-7-9/h3-7,10-11,14H,2,8,13H2,1H3/t10-,11-,12-/m1/s1. The number of rotatable bonds is 4. The number of hydrogen-bond acceptors (Lipinski definition) is 4. The lowest BCUT2D eigenvalue weighted by atomic mass is 10.1. The maximum Gasteiger partial charge on any atom is 0.155 e. The first-order valence-corrected chi connectivity index (χ1v) is 7.35. The monoisotopic (exact) mass is 255 g/mol. The Balaban J connectivity index is 2.37. The van der Waals surface area contributed by atoms with Gasteiger partial charge < -0.3 is 10.8 Å². The van der Waals surface area contributed by atoms with E-state index in [1.165, 1.54) is 0 Å². The van der Waals surface area contributed by atoms with Crippen LogP contribution in [0.1, 0.15) is 18.4 Å². The van der Waals surface area contributed by atoms with Crippen molar-refractivity contribution in [1.82, 2.24) is 0 Å². The highest BCUT2D eigenvalue weighted by molar-refractivity contribution is 7.92. The summed E-state index contributed by atoms with van der Waals surface area (Å²) in [6.07, 6.45) is 0. The molecule has 0 aliphatic heterocycles. The molecule has 0 spiro atoms. The van der Waals surface area contributed by atoms with Gasteiger partial charge in [-0.3, -0.25) is 0 Å². The second-order valence-electron chi connectivity index (χ2n) is 4.53. The number of hydrogen-bond donors (Lipinski definition) is 2. The predicted molar refractivity (Wildman–Crippen MR) is 66.4 cm³/mol. The van der Waals surface area contributed by atoms with Crippen LogP contribution in [-0.2, 0) is 9.84 Å². The van der Waals surface area contributed by atoms with E-state index < -0.39 is 20.6 Å². The van der Waals surface area contributed by atoms with Gasteiger partial charge in [0.1, 0.15) is 0 Å². The normalized spacial score (nSPS) is 32.4. The van der Waals surface area contributed by atoms with Gasteiger partial charge in [-0.15, -0.1) is 0 Å². The summed E-state index contributed by atoms with van der Waals surface area (Å²) in [7, 11) is -3.23. The Morgan fingerprint density at radius 2 is 1.94 bits per heavy atom. The topological polar surface area (TPSA) is 80.4 Å². The van der Waals surface area contributed by atoms with Gasteiger partial charge in [-0.05, 0) is 5.56 Å². The number of aliphatic hydroxyl groups is 1. The number of benzene rings is 1. The third-order valence-electron chi connectivity index (χ3n) is 3.52. The molecular weight excluding hydrogens is 238 g/mol. The molecule has 0 amide bonds. The molecule has 3 atom stereocenters. The highest BCUT2D eigenvalue weighted by atomic mass is 32.2. The van der Waals surface area contributed by atoms with Crippen molar-refractivity contribution in [2.24, 2.45) is 5.73 Å². The maximum absolute atomic E-state index is 11.9. The molecule has 1 fully saturated rings. The van der Waals surface area contributed by atoms with Crippen molar-refractivity contribution >= 4 is 9.84 Å². The molecule has 0 bridgehead atoms. The quantitative estimate of drug-likeness (QED) is 0.809. The summed E-state index contributed by atoms with van der Waals surface area (Å²) >= 11 is 0. The van der Waals surface area contributed by atoms with Crippen LogP contribution >= 0.6 is 0 Å². The Bertz CT molecular complexity index is 500. The van der Waals surface area contributed by atoms with Gasteiger partial charge in [-0.25, -0.2) is 8.42 Å². The van der Waals surface area contributed by atoms with E-state index in [1.807, 2.05) is 30.3 Å². The third-order valence-corrected chi connectivity index (χ3v) is 5.81. The predicted octanol–water partition coefficient (Wildman–Crippen LogP) is 0.277. The molecule has 3 N–H and O–H groups in total. The number of sulfone groups is 1. The van der Waals surface area contributed by atoms with Crippen LogP contribution in [0.4, 0.5) is 0 Å². The number of aliphatic hydroxyl groups excluding tert-OH is 1. The molecule has 2 rings (SSSR count). The lowest BCUT2D eigenvalue weighted by molar-refractivity contribution is 0.253. The highest BCUT2D eigenvalue weighted by Gasteiger charge is 2.68. The van der Waals surface area contributed by atoms with Gasteiger partial charge in [0.15, 0.2) is 9.84 Å². The van der Waals surface area contributed by atoms with Gasteiger partial charge in [-0.2, -0.15) is 0 Å². The Kier molecular flexibility index (Phi) is 3.01. The SMILES string of the molecule is CCS(=O)(=O)[C@@H]1[C@@H](c2ccccc2)[C@]1(N)CO. The van der Waals surface area contributed by atoms with E-state index in [0.29, 0.717) is 0 Å². The smallest absolute Gasteiger partial charge is 0.155 e. The lowest BCUT2D eigenvalue weighted by Gasteiger charge is -2.06. The largest absolute Gasteiger partial charge is 0.394 e. The molecule has 0 aromatic heterocycles. The number of nitrogens with two attached hydrogens (primary N) is 1. The van der Waals surface area contributed by atoms with E-state index in [1.54, 1.807) is 6.92 Å². The van der Waals surface area contributed by atoms with Crippen molar-refractivity contribution in [3.63, 3.8) is 0 Å². The zero-order valence-corrected chi connectivity index (χ0v) is 10.5. The first-order valence-electron chi connectivity index (χ1n) is 5.63. The summed E-state index contributed by atoms with van der Waals surface area (Å²) in [5.74, 6) is -0.237. The van der Waals surface area contributed by atoms with Gasteiger partial charge in [0.25, 0.3) is 0 Å². The molecule has 5 heteroatoms. The highest BCUT2D eigenvalue weighted by Crippen LogP contribution is 2.53. The molecule has 0 saturated heterocycles. The second-order valence-corrected chi connectivity index (χ2v) is 6.94. The van der Waals surface area contributed by atoms with Crippen LogP contribution in [0.15, 0.2) is 30.3 Å². The van der Waals surface area contributed by atoms with E-state index in [-0.39, 0.29) is 18.3 Å². The Labute approximate surface area is 101 Å². The van der Waals surface area contributed by atoms with Gasteiger partial charge in [0.05, 0.1) is 17.4 Å². The van der Waals surface area contributed by atoms with E-state index in [0.717, 1.165) is 5.56 Å². The van der Waals surface area contributed by atoms with Crippen molar-refractivity contribution < 1.29 is 13.5 Å². The van der Waals surface area contributed by atoms with Crippen LogP contribution in [0.3, 0.4) is 0 Å². The Morgan fingerprint density at radius 3 is 2.41 bits per heavy atom. The van der Waals surface area contributed by atoms with Crippen LogP contribution in [-0.4, -0.2) is 36.7 Å². The van der Waals surface area contributed by atoms with Crippen molar-refractivity contribution in [2.75, 3.05) is 12.4 Å². The molecule has 94 valence electrons. The van der Waals surface area contributed by atoms with Crippen molar-refractivity contribution in [3.8, 4) is 0 Å². The molecule has 17 heavy (non-hydrogen) atoms. The summed E-state index contributed by atoms with van der Waals surface area (Å²) < 4.78 is 23.9. The van der Waals surface area contributed by atoms with E-state index in [4.69, 9.17) is 5.73 Å². The fourth-order valence-corrected chi connectivity index (χ4v) is 4.47. The molecule has 0 heterocycles. The molecule has 1 aliphatic carbocycles. The lowest BCUT2D eigenvalue weighted by Crippen LogP contribution is -2.35. The minimum Gasteiger partial charge on any atom is -0.394 e. The zero-order valence-electron chi connectivity index (χ0n) is 9.70. The minimum atomic E-state index is -3.23. The van der Waals surface area contributed by atoms with Gasteiger partial charge >= 0.3 is 0 Å². The molecule has 1 aliphatic rings. The van der Waals surface area contributed by atoms with Crippen LogP contribution in [0.2, 0.25) is 0 Å². The average molecular weight is 255 g/mol. The second kappa shape index (κ2) is 4.08. The third kappa shape index (κ3) is 1.88. The van der Waals surface area contributed by atoms with Crippen LogP contribution in [0, 0.1) is 0 Å². The average Bonchev–Trinajstić information content (AvgIpc) is 2.99. The van der Waals surface area contributed by atoms with E-state index in [2.05, 4.69) is 0 Å². The molecule has 1 saturated carbocycles. The van der Waals surface area contributed by atoms with Crippen LogP contribution < -0.4 is 5.73 Å². The van der Waals surface area contributed by atoms with Crippen molar-refractivity contribution in [3.05, 3.63) is 35.9 Å². The molecule has 1 aromatic carbocycles. The minimum absolute atomic E-state index is 0.0555. The van der Waals surface area contributed by atoms with E-state index >= 15 is 0 Å². The first-order chi connectivity index (χ1) is 7.97. The van der Waals surface area contributed by atoms with Gasteiger partial charge in [0.2, 0.25) is 0 Å². The summed E-state index contributed by atoms with van der Waals surface area (Å²) in [6.45, 7) is 1.30. The van der Waals surface area contributed by atoms with Crippen LogP contribution in [0.5, 0.6) is 0 Å². The van der Waals surface area contributed by atoms with Gasteiger partial charge in [0, 0.05) is 11.7 Å². The molecule has 1 aromatic rings. The Hall–Kier alpha value is -0.910. The van der Waals surface area contributed by atoms with Gasteiger partial charge in [-0.1, -0.05) is 37.3 Å². The molecule has 0 unspecified atom stereocenters. The molecule has 4 nitrogen and oxygen atoms in total. The van der Waals surface area contributed by atoms with Crippen molar-refractivity contribution in [1.29, 1.82) is 0 Å². The summed E-state index contributed by atoms with van der Waals surface area (Å²) in [4.78, 5) is 0. The fraction of sp³-hybridized carbons (Fsp3) is 0.500. The zero-order chi connectivity index (χ0) is 12.7. The van der Waals surface area contributed by atoms with E-state index in [9.17, 15) is 13.5 Å². The fourth-order valence-electron chi connectivity index (χ4n) is 2.48. The maximum atomic E-state index is 11.9. The van der Waals surface area contributed by atoms with Crippen molar-refractivity contribution in [2.45, 2.75) is 23.6 Å². The Morgan fingerprint density at radius 1 is 1.35 bits per heavy atom. The summed E-state index contributed by atoms with van der Waals surface area (Å²) in [5.41, 5.74) is 5.86. The first kappa shape index (κ1) is 12.5. The summed E-state index contributed by atoms with van der Waals surface area (Å²) in [5, 5.41) is 8.68. The molecular formula is C12H17NO3S.